The van der Waals surface area contributed by atoms with Crippen LogP contribution in [0.2, 0.25) is 0 Å². The van der Waals surface area contributed by atoms with Crippen molar-refractivity contribution in [2.24, 2.45) is 0 Å². The number of nitrogens with zero attached hydrogens (tertiary/aromatic N) is 4. The lowest BCUT2D eigenvalue weighted by Crippen LogP contribution is -2.16. The minimum Gasteiger partial charge on any atom is -0.497 e. The van der Waals surface area contributed by atoms with Gasteiger partial charge in [0.2, 0.25) is 11.8 Å². The van der Waals surface area contributed by atoms with Gasteiger partial charge in [0.05, 0.1) is 50.4 Å². The number of rotatable bonds is 18. The zero-order chi connectivity index (χ0) is 56.4. The summed E-state index contributed by atoms with van der Waals surface area (Å²) in [7, 11) is 3.01. The summed E-state index contributed by atoms with van der Waals surface area (Å²) in [6.45, 7) is 12.5. The molecule has 8 aromatic rings. The summed E-state index contributed by atoms with van der Waals surface area (Å²) < 4.78 is 10.5. The van der Waals surface area contributed by atoms with E-state index in [0.717, 1.165) is 27.8 Å². The Labute approximate surface area is 456 Å². The second-order valence-corrected chi connectivity index (χ2v) is 17.8. The molecule has 18 heteroatoms. The summed E-state index contributed by atoms with van der Waals surface area (Å²) in [4.78, 5) is 92.1. The molecule has 6 aromatic carbocycles. The molecule has 6 N–H and O–H groups in total. The fourth-order valence-corrected chi connectivity index (χ4v) is 7.71. The van der Waals surface area contributed by atoms with E-state index in [1.807, 2.05) is 62.4 Å². The van der Waals surface area contributed by atoms with E-state index in [1.165, 1.54) is 38.8 Å². The molecule has 2 aromatic heterocycles. The summed E-state index contributed by atoms with van der Waals surface area (Å²) in [5.74, 6) is 0.162. The van der Waals surface area contributed by atoms with Crippen LogP contribution in [-0.4, -0.2) is 69.6 Å². The van der Waals surface area contributed by atoms with Crippen LogP contribution in [0, 0.1) is 20.8 Å². The van der Waals surface area contributed by atoms with Crippen LogP contribution < -0.4 is 41.4 Å². The molecule has 0 unspecified atom stereocenters. The maximum atomic E-state index is 13.1. The minimum absolute atomic E-state index is 0.249. The van der Waals surface area contributed by atoms with Crippen molar-refractivity contribution in [2.75, 3.05) is 46.1 Å². The largest absolute Gasteiger partial charge is 0.497 e. The summed E-state index contributed by atoms with van der Waals surface area (Å²) in [6, 6.07) is 37.1. The molecule has 0 radical (unpaired) electrons. The van der Waals surface area contributed by atoms with E-state index in [-0.39, 0.29) is 35.4 Å². The van der Waals surface area contributed by atoms with Crippen molar-refractivity contribution < 1.29 is 38.2 Å². The molecule has 0 saturated heterocycles. The average molecular weight is 1060 g/mol. The highest BCUT2D eigenvalue weighted by molar-refractivity contribution is 6.09. The molecule has 0 fully saturated rings. The number of aromatic nitrogens is 4. The Bertz CT molecular complexity index is 3560. The number of ether oxygens (including phenoxy) is 2. The minimum atomic E-state index is -0.380. The number of benzene rings is 6. The van der Waals surface area contributed by atoms with E-state index in [4.69, 9.17) is 9.47 Å². The van der Waals surface area contributed by atoms with Gasteiger partial charge in [0.25, 0.3) is 23.6 Å². The standard InChI is InChI=1S/C31H29N5O5.C30H27N5O3/c1-5-29(37)34-22-8-6-7-20(11-22)12-28-32-17-24(18-33-28)36-31(39)27-15-23(10-9-19(27)2)35-30(38)21-13-25(40-3)16-26(14-21)41-4;1-4-28(36)33-23-10-6-8-21(14-23)15-27-31-17-25(18-32-27)35-30(38)26-16-24(12-11-20(26)3)34-29(37)22-9-5-7-19(2)13-22/h5-11,13-18H,1,12H2,2-4H3,(H,34,37)(H,35,38)(H,36,39);4-14,16-18H,1,15H2,2-3H3,(H,33,36)(H,34,37)(H,35,38). The Balaban J connectivity index is 0.000000229. The first-order valence-electron chi connectivity index (χ1n) is 24.5. The van der Waals surface area contributed by atoms with E-state index in [0.29, 0.717) is 92.4 Å². The van der Waals surface area contributed by atoms with Crippen LogP contribution in [-0.2, 0) is 22.4 Å². The van der Waals surface area contributed by atoms with E-state index in [1.54, 1.807) is 98.2 Å². The second kappa shape index (κ2) is 26.7. The molecule has 0 spiro atoms. The Kier molecular flexibility index (Phi) is 19.0. The topological polar surface area (TPSA) is 245 Å². The number of carbonyl (C=O) groups excluding carboxylic acids is 6. The van der Waals surface area contributed by atoms with Crippen molar-refractivity contribution in [2.45, 2.75) is 33.6 Å². The summed E-state index contributed by atoms with van der Waals surface area (Å²) in [5, 5.41) is 16.7. The maximum Gasteiger partial charge on any atom is 0.256 e. The number of nitrogens with one attached hydrogen (secondary N) is 6. The summed E-state index contributed by atoms with van der Waals surface area (Å²) in [6.07, 6.45) is 9.45. The van der Waals surface area contributed by atoms with Gasteiger partial charge >= 0.3 is 0 Å². The van der Waals surface area contributed by atoms with Crippen molar-refractivity contribution in [3.8, 4) is 11.5 Å². The SMILES string of the molecule is C=CC(=O)Nc1cccc(Cc2ncc(NC(=O)c3cc(NC(=O)c4cc(OC)cc(OC)c4)ccc3C)cn2)c1.C=CC(=O)Nc1cccc(Cc2ncc(NC(=O)c3cc(NC(=O)c4cccc(C)c4)ccc3C)cn2)c1. The monoisotopic (exact) mass is 1060 g/mol. The van der Waals surface area contributed by atoms with Gasteiger partial charge in [0.15, 0.2) is 0 Å². The average Bonchev–Trinajstić information content (AvgIpc) is 3.46. The Hall–Kier alpha value is -10.6. The quantitative estimate of drug-likeness (QED) is 0.0440. The van der Waals surface area contributed by atoms with Crippen LogP contribution in [0.4, 0.5) is 34.1 Å². The van der Waals surface area contributed by atoms with Crippen LogP contribution in [0.3, 0.4) is 0 Å². The molecule has 6 amide bonds. The van der Waals surface area contributed by atoms with Gasteiger partial charge in [0, 0.05) is 63.9 Å². The third kappa shape index (κ3) is 16.2. The van der Waals surface area contributed by atoms with Crippen LogP contribution in [0.25, 0.3) is 0 Å². The number of aryl methyl sites for hydroxylation is 3. The highest BCUT2D eigenvalue weighted by Crippen LogP contribution is 2.25. The molecule has 2 heterocycles. The molecule has 0 aliphatic carbocycles. The van der Waals surface area contributed by atoms with E-state index in [2.05, 4.69) is 65.0 Å². The third-order valence-electron chi connectivity index (χ3n) is 11.8. The predicted octanol–water partition coefficient (Wildman–Crippen LogP) is 10.3. The normalized spacial score (nSPS) is 10.3. The Morgan fingerprint density at radius 3 is 1.25 bits per heavy atom. The van der Waals surface area contributed by atoms with E-state index >= 15 is 0 Å². The number of hydrogen-bond donors (Lipinski definition) is 6. The molecule has 0 saturated carbocycles. The molecule has 18 nitrogen and oxygen atoms in total. The summed E-state index contributed by atoms with van der Waals surface area (Å²) >= 11 is 0. The number of methoxy groups -OCH3 is 2. The Morgan fingerprint density at radius 1 is 0.430 bits per heavy atom. The number of anilines is 6. The Morgan fingerprint density at radius 2 is 0.835 bits per heavy atom. The zero-order valence-electron chi connectivity index (χ0n) is 44.0. The first-order valence-corrected chi connectivity index (χ1v) is 24.5. The van der Waals surface area contributed by atoms with Crippen LogP contribution >= 0.6 is 0 Å². The molecule has 0 aliphatic heterocycles. The van der Waals surface area contributed by atoms with Gasteiger partial charge in [0.1, 0.15) is 23.1 Å². The first-order chi connectivity index (χ1) is 38.1. The number of carbonyl (C=O) groups is 6. The lowest BCUT2D eigenvalue weighted by molar-refractivity contribution is -0.112. The lowest BCUT2D eigenvalue weighted by atomic mass is 10.1. The van der Waals surface area contributed by atoms with Gasteiger partial charge in [-0.15, -0.1) is 0 Å². The fourth-order valence-electron chi connectivity index (χ4n) is 7.71. The van der Waals surface area contributed by atoms with Crippen molar-refractivity contribution in [1.82, 2.24) is 19.9 Å². The van der Waals surface area contributed by atoms with Crippen molar-refractivity contribution >= 4 is 69.6 Å². The number of hydrogen-bond acceptors (Lipinski definition) is 12. The van der Waals surface area contributed by atoms with Crippen LogP contribution in [0.15, 0.2) is 177 Å². The maximum absolute atomic E-state index is 13.1. The highest BCUT2D eigenvalue weighted by Gasteiger charge is 2.17. The smallest absolute Gasteiger partial charge is 0.256 e. The van der Waals surface area contributed by atoms with Crippen molar-refractivity contribution in [3.05, 3.63) is 239 Å². The molecular weight excluding hydrogens is 1000 g/mol. The lowest BCUT2D eigenvalue weighted by Gasteiger charge is -2.12. The third-order valence-corrected chi connectivity index (χ3v) is 11.8. The van der Waals surface area contributed by atoms with Gasteiger partial charge in [-0.05, 0) is 128 Å². The summed E-state index contributed by atoms with van der Waals surface area (Å²) in [5.41, 5.74) is 9.13. The molecule has 398 valence electrons. The van der Waals surface area contributed by atoms with Crippen molar-refractivity contribution in [3.63, 3.8) is 0 Å². The molecule has 79 heavy (non-hydrogen) atoms. The fraction of sp³-hybridized carbons (Fsp3) is 0.115. The predicted molar refractivity (Wildman–Crippen MR) is 305 cm³/mol. The van der Waals surface area contributed by atoms with E-state index < -0.39 is 0 Å². The molecule has 0 aliphatic rings. The van der Waals surface area contributed by atoms with Gasteiger partial charge in [-0.3, -0.25) is 28.8 Å². The first kappa shape index (κ1) is 56.1. The van der Waals surface area contributed by atoms with Gasteiger partial charge in [-0.2, -0.15) is 0 Å². The molecule has 0 bridgehead atoms. The van der Waals surface area contributed by atoms with Crippen LogP contribution in [0.5, 0.6) is 11.5 Å². The van der Waals surface area contributed by atoms with Gasteiger partial charge < -0.3 is 41.4 Å². The molecular formula is C61H56N10O8. The van der Waals surface area contributed by atoms with Gasteiger partial charge in [-0.25, -0.2) is 19.9 Å². The second-order valence-electron chi connectivity index (χ2n) is 17.8. The molecule has 8 rings (SSSR count). The zero-order valence-corrected chi connectivity index (χ0v) is 44.0. The highest BCUT2D eigenvalue weighted by atomic mass is 16.5. The van der Waals surface area contributed by atoms with Crippen molar-refractivity contribution in [1.29, 1.82) is 0 Å². The molecule has 0 atom stereocenters. The van der Waals surface area contributed by atoms with Gasteiger partial charge in [-0.1, -0.05) is 67.3 Å². The van der Waals surface area contributed by atoms with Crippen LogP contribution in [0.1, 0.15) is 80.9 Å². The number of amides is 6. The van der Waals surface area contributed by atoms with E-state index in [9.17, 15) is 28.8 Å².